The Morgan fingerprint density at radius 1 is 1.08 bits per heavy atom. The molecule has 0 aliphatic rings. The first kappa shape index (κ1) is 21.3. The Hall–Kier alpha value is -1.76. The Kier molecular flexibility index (Phi) is 9.99. The molecule has 0 aliphatic heterocycles. The standard InChI is InChI=1S/C20H27N3O.HI/c1-3-21-20(22-13-12-17-8-7-11-19(24)14-17)23-15-16(2)18-9-5-4-6-10-18;/h4-11,14,16,24H,3,12-13,15H2,1-2H3,(H2,21,22,23);1H. The molecule has 0 fully saturated rings. The minimum Gasteiger partial charge on any atom is -0.508 e. The molecule has 0 radical (unpaired) electrons. The van der Waals surface area contributed by atoms with Crippen LogP contribution in [0.1, 0.15) is 30.9 Å². The number of nitrogens with one attached hydrogen (secondary N) is 2. The molecule has 0 amide bonds. The molecule has 0 saturated heterocycles. The highest BCUT2D eigenvalue weighted by Gasteiger charge is 2.05. The van der Waals surface area contributed by atoms with Gasteiger partial charge in [-0.2, -0.15) is 0 Å². The van der Waals surface area contributed by atoms with Gasteiger partial charge in [-0.05, 0) is 36.6 Å². The van der Waals surface area contributed by atoms with Gasteiger partial charge in [0.05, 0.1) is 0 Å². The van der Waals surface area contributed by atoms with Crippen molar-refractivity contribution < 1.29 is 5.11 Å². The van der Waals surface area contributed by atoms with Crippen LogP contribution < -0.4 is 10.6 Å². The van der Waals surface area contributed by atoms with E-state index in [2.05, 4.69) is 53.7 Å². The fraction of sp³-hybridized carbons (Fsp3) is 0.350. The van der Waals surface area contributed by atoms with E-state index in [0.29, 0.717) is 11.7 Å². The van der Waals surface area contributed by atoms with Crippen molar-refractivity contribution in [3.05, 3.63) is 65.7 Å². The molecule has 1 atom stereocenters. The van der Waals surface area contributed by atoms with E-state index in [1.807, 2.05) is 18.2 Å². The molecule has 0 aliphatic carbocycles. The Morgan fingerprint density at radius 2 is 1.84 bits per heavy atom. The lowest BCUT2D eigenvalue weighted by molar-refractivity contribution is 0.474. The minimum atomic E-state index is 0. The van der Waals surface area contributed by atoms with E-state index in [4.69, 9.17) is 0 Å². The summed E-state index contributed by atoms with van der Waals surface area (Å²) in [5.41, 5.74) is 2.41. The highest BCUT2D eigenvalue weighted by molar-refractivity contribution is 14.0. The maximum Gasteiger partial charge on any atom is 0.191 e. The normalized spacial score (nSPS) is 12.2. The van der Waals surface area contributed by atoms with Gasteiger partial charge in [-0.3, -0.25) is 4.99 Å². The SMILES string of the molecule is CCNC(=NCC(C)c1ccccc1)NCCc1cccc(O)c1.I. The van der Waals surface area contributed by atoms with Crippen LogP contribution in [0.5, 0.6) is 5.75 Å². The summed E-state index contributed by atoms with van der Waals surface area (Å²) in [6, 6.07) is 17.8. The number of phenols is 1. The predicted molar refractivity (Wildman–Crippen MR) is 116 cm³/mol. The van der Waals surface area contributed by atoms with E-state index < -0.39 is 0 Å². The van der Waals surface area contributed by atoms with Crippen LogP contribution in [-0.4, -0.2) is 30.7 Å². The zero-order chi connectivity index (χ0) is 17.2. The quantitative estimate of drug-likeness (QED) is 0.339. The van der Waals surface area contributed by atoms with Crippen molar-refractivity contribution in [2.45, 2.75) is 26.2 Å². The third-order valence-electron chi connectivity index (χ3n) is 3.85. The molecule has 25 heavy (non-hydrogen) atoms. The molecule has 0 bridgehead atoms. The van der Waals surface area contributed by atoms with Crippen molar-refractivity contribution in [1.29, 1.82) is 0 Å². The molecule has 3 N–H and O–H groups in total. The van der Waals surface area contributed by atoms with Gasteiger partial charge in [0.15, 0.2) is 5.96 Å². The molecule has 4 nitrogen and oxygen atoms in total. The van der Waals surface area contributed by atoms with E-state index in [9.17, 15) is 5.11 Å². The second kappa shape index (κ2) is 11.7. The van der Waals surface area contributed by atoms with Crippen LogP contribution in [0.2, 0.25) is 0 Å². The predicted octanol–water partition coefficient (Wildman–Crippen LogP) is 3.91. The van der Waals surface area contributed by atoms with Crippen molar-refractivity contribution in [2.75, 3.05) is 19.6 Å². The van der Waals surface area contributed by atoms with Crippen molar-refractivity contribution in [2.24, 2.45) is 4.99 Å². The summed E-state index contributed by atoms with van der Waals surface area (Å²) in [4.78, 5) is 4.68. The molecular formula is C20H28IN3O. The zero-order valence-electron chi connectivity index (χ0n) is 14.9. The highest BCUT2D eigenvalue weighted by atomic mass is 127. The van der Waals surface area contributed by atoms with Gasteiger partial charge in [0, 0.05) is 25.6 Å². The molecule has 5 heteroatoms. The van der Waals surface area contributed by atoms with Crippen LogP contribution >= 0.6 is 24.0 Å². The van der Waals surface area contributed by atoms with Crippen molar-refractivity contribution in [3.63, 3.8) is 0 Å². The molecule has 0 saturated carbocycles. The number of hydrogen-bond donors (Lipinski definition) is 3. The van der Waals surface area contributed by atoms with Crippen molar-refractivity contribution in [3.8, 4) is 5.75 Å². The van der Waals surface area contributed by atoms with Crippen LogP contribution in [0.25, 0.3) is 0 Å². The summed E-state index contributed by atoms with van der Waals surface area (Å²) >= 11 is 0. The van der Waals surface area contributed by atoms with Gasteiger partial charge in [-0.15, -0.1) is 24.0 Å². The van der Waals surface area contributed by atoms with Crippen LogP contribution in [0.3, 0.4) is 0 Å². The highest BCUT2D eigenvalue weighted by Crippen LogP contribution is 2.14. The molecule has 2 rings (SSSR count). The molecule has 0 aromatic heterocycles. The fourth-order valence-electron chi connectivity index (χ4n) is 2.49. The van der Waals surface area contributed by atoms with Crippen LogP contribution in [-0.2, 0) is 6.42 Å². The number of guanidine groups is 1. The minimum absolute atomic E-state index is 0. The molecular weight excluding hydrogens is 425 g/mol. The second-order valence-corrected chi connectivity index (χ2v) is 5.88. The average Bonchev–Trinajstić information content (AvgIpc) is 2.60. The van der Waals surface area contributed by atoms with E-state index in [-0.39, 0.29) is 24.0 Å². The van der Waals surface area contributed by atoms with Crippen LogP contribution in [0, 0.1) is 0 Å². The third-order valence-corrected chi connectivity index (χ3v) is 3.85. The van der Waals surface area contributed by atoms with E-state index in [1.54, 1.807) is 12.1 Å². The number of nitrogens with zero attached hydrogens (tertiary/aromatic N) is 1. The first-order chi connectivity index (χ1) is 11.7. The topological polar surface area (TPSA) is 56.7 Å². The fourth-order valence-corrected chi connectivity index (χ4v) is 2.49. The lowest BCUT2D eigenvalue weighted by atomic mass is 10.0. The Balaban J connectivity index is 0.00000312. The third kappa shape index (κ3) is 7.77. The average molecular weight is 453 g/mol. The Bertz CT molecular complexity index is 646. The smallest absolute Gasteiger partial charge is 0.191 e. The Labute approximate surface area is 167 Å². The molecule has 2 aromatic carbocycles. The van der Waals surface area contributed by atoms with Crippen LogP contribution in [0.4, 0.5) is 0 Å². The summed E-state index contributed by atoms with van der Waals surface area (Å²) in [6.45, 7) is 6.60. The summed E-state index contributed by atoms with van der Waals surface area (Å²) in [5, 5.41) is 16.1. The number of halogens is 1. The molecule has 2 aromatic rings. The summed E-state index contributed by atoms with van der Waals surface area (Å²) in [5.74, 6) is 1.53. The van der Waals surface area contributed by atoms with Gasteiger partial charge in [0.1, 0.15) is 5.75 Å². The van der Waals surface area contributed by atoms with Gasteiger partial charge in [0.2, 0.25) is 0 Å². The number of aromatic hydroxyl groups is 1. The number of aliphatic imine (C=N–C) groups is 1. The monoisotopic (exact) mass is 453 g/mol. The summed E-state index contributed by atoms with van der Waals surface area (Å²) < 4.78 is 0. The summed E-state index contributed by atoms with van der Waals surface area (Å²) in [6.07, 6.45) is 0.840. The Morgan fingerprint density at radius 3 is 2.52 bits per heavy atom. The van der Waals surface area contributed by atoms with E-state index in [1.165, 1.54) is 5.56 Å². The number of rotatable bonds is 7. The van der Waals surface area contributed by atoms with Gasteiger partial charge < -0.3 is 15.7 Å². The second-order valence-electron chi connectivity index (χ2n) is 5.88. The molecule has 1 unspecified atom stereocenters. The lowest BCUT2D eigenvalue weighted by Gasteiger charge is -2.14. The first-order valence-corrected chi connectivity index (χ1v) is 8.54. The maximum absolute atomic E-state index is 9.50. The largest absolute Gasteiger partial charge is 0.508 e. The van der Waals surface area contributed by atoms with Crippen molar-refractivity contribution >= 4 is 29.9 Å². The molecule has 0 heterocycles. The summed E-state index contributed by atoms with van der Waals surface area (Å²) in [7, 11) is 0. The van der Waals surface area contributed by atoms with Crippen LogP contribution in [0.15, 0.2) is 59.6 Å². The molecule has 136 valence electrons. The van der Waals surface area contributed by atoms with Gasteiger partial charge in [-0.1, -0.05) is 49.4 Å². The van der Waals surface area contributed by atoms with Crippen molar-refractivity contribution in [1.82, 2.24) is 10.6 Å². The maximum atomic E-state index is 9.50. The van der Waals surface area contributed by atoms with Gasteiger partial charge >= 0.3 is 0 Å². The number of hydrogen-bond acceptors (Lipinski definition) is 2. The first-order valence-electron chi connectivity index (χ1n) is 8.54. The number of phenolic OH excluding ortho intramolecular Hbond substituents is 1. The number of benzene rings is 2. The molecule has 0 spiro atoms. The van der Waals surface area contributed by atoms with E-state index >= 15 is 0 Å². The lowest BCUT2D eigenvalue weighted by Crippen LogP contribution is -2.38. The van der Waals surface area contributed by atoms with Gasteiger partial charge in [0.25, 0.3) is 0 Å². The zero-order valence-corrected chi connectivity index (χ0v) is 17.2. The van der Waals surface area contributed by atoms with E-state index in [0.717, 1.165) is 37.6 Å². The van der Waals surface area contributed by atoms with Gasteiger partial charge in [-0.25, -0.2) is 0 Å².